The fourth-order valence-corrected chi connectivity index (χ4v) is 2.48. The quantitative estimate of drug-likeness (QED) is 0.736. The molecule has 0 spiro atoms. The number of rotatable bonds is 6. The second-order valence-corrected chi connectivity index (χ2v) is 5.51. The maximum absolute atomic E-state index is 13.7. The Labute approximate surface area is 150 Å². The molecule has 0 unspecified atom stereocenters. The van der Waals surface area contributed by atoms with E-state index < -0.39 is 0 Å². The molecule has 0 atom stereocenters. The van der Waals surface area contributed by atoms with Crippen LogP contribution in [-0.4, -0.2) is 29.9 Å². The van der Waals surface area contributed by atoms with E-state index in [1.807, 2.05) is 0 Å². The minimum Gasteiger partial charge on any atom is -0.493 e. The van der Waals surface area contributed by atoms with Gasteiger partial charge in [0.25, 0.3) is 5.91 Å². The third-order valence-electron chi connectivity index (χ3n) is 3.82. The van der Waals surface area contributed by atoms with Crippen LogP contribution in [0.1, 0.15) is 15.9 Å². The van der Waals surface area contributed by atoms with Crippen LogP contribution in [0.25, 0.3) is 0 Å². The SMILES string of the molecule is COc1ccc(C(=O)Nc2ccn(Cc3ccccc3F)n2)cc1OC. The molecule has 0 aliphatic heterocycles. The Hall–Kier alpha value is -3.35. The summed E-state index contributed by atoms with van der Waals surface area (Å²) in [5, 5.41) is 6.96. The van der Waals surface area contributed by atoms with Crippen molar-refractivity contribution in [3.8, 4) is 11.5 Å². The second-order valence-electron chi connectivity index (χ2n) is 5.51. The molecule has 26 heavy (non-hydrogen) atoms. The summed E-state index contributed by atoms with van der Waals surface area (Å²) in [6.45, 7) is 0.277. The van der Waals surface area contributed by atoms with E-state index in [9.17, 15) is 9.18 Å². The number of nitrogens with one attached hydrogen (secondary N) is 1. The van der Waals surface area contributed by atoms with Crippen LogP contribution in [0.3, 0.4) is 0 Å². The first-order chi connectivity index (χ1) is 12.6. The van der Waals surface area contributed by atoms with E-state index in [0.717, 1.165) is 0 Å². The second kappa shape index (κ2) is 7.69. The van der Waals surface area contributed by atoms with Crippen molar-refractivity contribution < 1.29 is 18.7 Å². The van der Waals surface area contributed by atoms with Gasteiger partial charge in [-0.15, -0.1) is 0 Å². The van der Waals surface area contributed by atoms with Crippen molar-refractivity contribution in [2.24, 2.45) is 0 Å². The number of carbonyl (C=O) groups excluding carboxylic acids is 1. The number of carbonyl (C=O) groups is 1. The summed E-state index contributed by atoms with van der Waals surface area (Å²) < 4.78 is 25.6. The van der Waals surface area contributed by atoms with E-state index in [1.165, 1.54) is 20.3 Å². The third-order valence-corrected chi connectivity index (χ3v) is 3.82. The molecule has 0 saturated heterocycles. The molecule has 0 saturated carbocycles. The number of methoxy groups -OCH3 is 2. The first kappa shape index (κ1) is 17.5. The zero-order valence-electron chi connectivity index (χ0n) is 14.4. The molecule has 1 aromatic heterocycles. The molecule has 1 N–H and O–H groups in total. The summed E-state index contributed by atoms with van der Waals surface area (Å²) in [6.07, 6.45) is 1.68. The van der Waals surface area contributed by atoms with E-state index in [1.54, 1.807) is 53.3 Å². The standard InChI is InChI=1S/C19H18FN3O3/c1-25-16-8-7-13(11-17(16)26-2)19(24)21-18-9-10-23(22-18)12-14-5-3-4-6-15(14)20/h3-11H,12H2,1-2H3,(H,21,22,24). The molecule has 0 aliphatic rings. The molecule has 3 aromatic rings. The summed E-state index contributed by atoms with van der Waals surface area (Å²) >= 11 is 0. The van der Waals surface area contributed by atoms with E-state index in [-0.39, 0.29) is 18.3 Å². The number of halogens is 1. The van der Waals surface area contributed by atoms with Crippen LogP contribution in [0.5, 0.6) is 11.5 Å². The van der Waals surface area contributed by atoms with Gasteiger partial charge in [-0.2, -0.15) is 5.10 Å². The Morgan fingerprint density at radius 1 is 1.12 bits per heavy atom. The zero-order valence-corrected chi connectivity index (χ0v) is 14.4. The highest BCUT2D eigenvalue weighted by atomic mass is 19.1. The van der Waals surface area contributed by atoms with Gasteiger partial charge in [0.2, 0.25) is 0 Å². The lowest BCUT2D eigenvalue weighted by Gasteiger charge is -2.09. The van der Waals surface area contributed by atoms with Gasteiger partial charge in [-0.05, 0) is 24.3 Å². The van der Waals surface area contributed by atoms with Gasteiger partial charge in [0.05, 0.1) is 20.8 Å². The third kappa shape index (κ3) is 3.83. The van der Waals surface area contributed by atoms with Gasteiger partial charge >= 0.3 is 0 Å². The van der Waals surface area contributed by atoms with E-state index in [2.05, 4.69) is 10.4 Å². The summed E-state index contributed by atoms with van der Waals surface area (Å²) in [5.74, 6) is 0.755. The molecular formula is C19H18FN3O3. The Morgan fingerprint density at radius 2 is 1.88 bits per heavy atom. The summed E-state index contributed by atoms with van der Waals surface area (Å²) in [7, 11) is 3.03. The highest BCUT2D eigenvalue weighted by Crippen LogP contribution is 2.27. The molecular weight excluding hydrogens is 337 g/mol. The molecule has 134 valence electrons. The molecule has 0 aliphatic carbocycles. The fraction of sp³-hybridized carbons (Fsp3) is 0.158. The van der Waals surface area contributed by atoms with Crippen molar-refractivity contribution in [2.75, 3.05) is 19.5 Å². The van der Waals surface area contributed by atoms with Gasteiger partial charge in [0.1, 0.15) is 5.82 Å². The molecule has 0 fully saturated rings. The number of hydrogen-bond acceptors (Lipinski definition) is 4. The largest absolute Gasteiger partial charge is 0.493 e. The maximum atomic E-state index is 13.7. The van der Waals surface area contributed by atoms with Crippen molar-refractivity contribution in [2.45, 2.75) is 6.54 Å². The van der Waals surface area contributed by atoms with Gasteiger partial charge < -0.3 is 14.8 Å². The van der Waals surface area contributed by atoms with Crippen molar-refractivity contribution in [1.82, 2.24) is 9.78 Å². The Morgan fingerprint density at radius 3 is 2.62 bits per heavy atom. The minimum atomic E-state index is -0.331. The predicted octanol–water partition coefficient (Wildman–Crippen LogP) is 3.34. The number of ether oxygens (including phenoxy) is 2. The summed E-state index contributed by atoms with van der Waals surface area (Å²) in [4.78, 5) is 12.4. The number of aromatic nitrogens is 2. The number of hydrogen-bond donors (Lipinski definition) is 1. The van der Waals surface area contributed by atoms with Crippen LogP contribution in [0.2, 0.25) is 0 Å². The monoisotopic (exact) mass is 355 g/mol. The minimum absolute atomic E-state index is 0.277. The summed E-state index contributed by atoms with van der Waals surface area (Å²) in [6, 6.07) is 13.0. The van der Waals surface area contributed by atoms with Crippen molar-refractivity contribution in [3.05, 3.63) is 71.7 Å². The fourth-order valence-electron chi connectivity index (χ4n) is 2.48. The number of amides is 1. The lowest BCUT2D eigenvalue weighted by atomic mass is 10.2. The Balaban J connectivity index is 1.71. The first-order valence-electron chi connectivity index (χ1n) is 7.91. The smallest absolute Gasteiger partial charge is 0.257 e. The van der Waals surface area contributed by atoms with Gasteiger partial charge in [-0.1, -0.05) is 18.2 Å². The first-order valence-corrected chi connectivity index (χ1v) is 7.91. The zero-order chi connectivity index (χ0) is 18.5. The van der Waals surface area contributed by atoms with Gasteiger partial charge in [0.15, 0.2) is 17.3 Å². The molecule has 0 bridgehead atoms. The normalized spacial score (nSPS) is 10.4. The number of anilines is 1. The van der Waals surface area contributed by atoms with E-state index in [0.29, 0.717) is 28.4 Å². The van der Waals surface area contributed by atoms with E-state index >= 15 is 0 Å². The maximum Gasteiger partial charge on any atom is 0.257 e. The lowest BCUT2D eigenvalue weighted by Crippen LogP contribution is -2.13. The highest BCUT2D eigenvalue weighted by Gasteiger charge is 2.12. The topological polar surface area (TPSA) is 65.4 Å². The average Bonchev–Trinajstić information content (AvgIpc) is 3.09. The van der Waals surface area contributed by atoms with Gasteiger partial charge in [-0.25, -0.2) is 4.39 Å². The molecule has 7 heteroatoms. The molecule has 1 heterocycles. The van der Waals surface area contributed by atoms with Crippen LogP contribution in [0, 0.1) is 5.82 Å². The Bertz CT molecular complexity index is 924. The Kier molecular flexibility index (Phi) is 5.17. The molecule has 1 amide bonds. The highest BCUT2D eigenvalue weighted by molar-refractivity contribution is 6.04. The summed E-state index contributed by atoms with van der Waals surface area (Å²) in [5.41, 5.74) is 0.930. The average molecular weight is 355 g/mol. The molecule has 2 aromatic carbocycles. The van der Waals surface area contributed by atoms with Gasteiger partial charge in [-0.3, -0.25) is 9.48 Å². The number of nitrogens with zero attached hydrogens (tertiary/aromatic N) is 2. The van der Waals surface area contributed by atoms with Crippen LogP contribution in [0.15, 0.2) is 54.7 Å². The lowest BCUT2D eigenvalue weighted by molar-refractivity contribution is 0.102. The molecule has 0 radical (unpaired) electrons. The van der Waals surface area contributed by atoms with Crippen LogP contribution in [0.4, 0.5) is 10.2 Å². The van der Waals surface area contributed by atoms with Crippen molar-refractivity contribution >= 4 is 11.7 Å². The molecule has 3 rings (SSSR count). The predicted molar refractivity (Wildman–Crippen MR) is 95.2 cm³/mol. The van der Waals surface area contributed by atoms with Gasteiger partial charge in [0, 0.05) is 23.4 Å². The number of benzene rings is 2. The van der Waals surface area contributed by atoms with Crippen LogP contribution >= 0.6 is 0 Å². The van der Waals surface area contributed by atoms with Crippen LogP contribution in [-0.2, 0) is 6.54 Å². The van der Waals surface area contributed by atoms with Crippen molar-refractivity contribution in [1.29, 1.82) is 0 Å². The van der Waals surface area contributed by atoms with E-state index in [4.69, 9.17) is 9.47 Å². The van der Waals surface area contributed by atoms with Crippen molar-refractivity contribution in [3.63, 3.8) is 0 Å². The molecule has 6 nitrogen and oxygen atoms in total. The van der Waals surface area contributed by atoms with Crippen LogP contribution < -0.4 is 14.8 Å².